The molecule has 0 fully saturated rings. The highest BCUT2D eigenvalue weighted by atomic mass is 32.2. The molecule has 0 atom stereocenters. The first kappa shape index (κ1) is 21.7. The van der Waals surface area contributed by atoms with Crippen molar-refractivity contribution in [2.75, 3.05) is 5.75 Å². The number of carbonyl (C=O) groups is 1. The lowest BCUT2D eigenvalue weighted by Crippen LogP contribution is -2.23. The molecule has 0 bridgehead atoms. The number of thioether (sulfide) groups is 1. The van der Waals surface area contributed by atoms with Crippen molar-refractivity contribution in [3.05, 3.63) is 98.7 Å². The van der Waals surface area contributed by atoms with Crippen LogP contribution in [0.15, 0.2) is 82.6 Å². The van der Waals surface area contributed by atoms with Crippen molar-refractivity contribution in [1.29, 1.82) is 0 Å². The number of fused-ring (bicyclic) bond motifs is 1. The van der Waals surface area contributed by atoms with Crippen molar-refractivity contribution in [3.63, 3.8) is 0 Å². The molecule has 2 aromatic carbocycles. The van der Waals surface area contributed by atoms with Crippen molar-refractivity contribution in [3.8, 4) is 11.1 Å². The number of benzene rings is 2. The molecule has 2 aromatic heterocycles. The summed E-state index contributed by atoms with van der Waals surface area (Å²) in [6.07, 6.45) is 1.62. The Morgan fingerprint density at radius 1 is 1.19 bits per heavy atom. The summed E-state index contributed by atoms with van der Waals surface area (Å²) >= 11 is 2.55. The Kier molecular flexibility index (Phi) is 6.29. The molecule has 0 saturated heterocycles. The van der Waals surface area contributed by atoms with Crippen LogP contribution in [-0.2, 0) is 6.54 Å². The van der Waals surface area contributed by atoms with Crippen LogP contribution in [0.1, 0.15) is 10.4 Å². The van der Waals surface area contributed by atoms with Gasteiger partial charge >= 0.3 is 0 Å². The highest BCUT2D eigenvalue weighted by Crippen LogP contribution is 2.32. The Bertz CT molecular complexity index is 1380. The predicted octanol–water partition coefficient (Wildman–Crippen LogP) is 5.19. The maximum Gasteiger partial charge on any atom is 0.269 e. The Morgan fingerprint density at radius 2 is 1.91 bits per heavy atom. The van der Waals surface area contributed by atoms with Gasteiger partial charge in [-0.05, 0) is 17.7 Å². The molecular formula is C23H17N3O4S2. The van der Waals surface area contributed by atoms with E-state index in [0.717, 1.165) is 22.9 Å². The molecule has 0 saturated carbocycles. The fourth-order valence-corrected chi connectivity index (χ4v) is 5.11. The van der Waals surface area contributed by atoms with Gasteiger partial charge in [0.15, 0.2) is 10.9 Å². The fourth-order valence-electron chi connectivity index (χ4n) is 3.22. The first-order valence-electron chi connectivity index (χ1n) is 9.58. The quantitative estimate of drug-likeness (QED) is 0.0891. The Morgan fingerprint density at radius 3 is 2.56 bits per heavy atom. The molecule has 160 valence electrons. The van der Waals surface area contributed by atoms with Gasteiger partial charge < -0.3 is 0 Å². The van der Waals surface area contributed by atoms with Crippen LogP contribution in [0.4, 0.5) is 5.69 Å². The van der Waals surface area contributed by atoms with Crippen LogP contribution in [0, 0.1) is 10.1 Å². The summed E-state index contributed by atoms with van der Waals surface area (Å²) in [6, 6.07) is 15.1. The third-order valence-corrected chi connectivity index (χ3v) is 6.64. The minimum Gasteiger partial charge on any atom is -0.293 e. The third-order valence-electron chi connectivity index (χ3n) is 4.79. The molecule has 4 rings (SSSR count). The average Bonchev–Trinajstić information content (AvgIpc) is 3.24. The SMILES string of the molecule is C=CCn1c(SCC(=O)c2ccc([N+](=O)[O-])cc2)nc2scc(-c3ccccc3)c2c1=O. The molecule has 0 aliphatic heterocycles. The number of Topliss-reactive ketones (excluding diaryl/α,β-unsaturated/α-hetero) is 1. The van der Waals surface area contributed by atoms with Gasteiger partial charge in [0, 0.05) is 35.2 Å². The summed E-state index contributed by atoms with van der Waals surface area (Å²) in [4.78, 5) is 41.5. The highest BCUT2D eigenvalue weighted by molar-refractivity contribution is 7.99. The van der Waals surface area contributed by atoms with E-state index in [9.17, 15) is 19.7 Å². The highest BCUT2D eigenvalue weighted by Gasteiger charge is 2.18. The number of nitro benzene ring substituents is 1. The molecule has 32 heavy (non-hydrogen) atoms. The van der Waals surface area contributed by atoms with Crippen molar-refractivity contribution in [1.82, 2.24) is 9.55 Å². The number of hydrogen-bond donors (Lipinski definition) is 0. The number of rotatable bonds is 8. The van der Waals surface area contributed by atoms with Gasteiger partial charge in [-0.15, -0.1) is 17.9 Å². The fraction of sp³-hybridized carbons (Fsp3) is 0.0870. The summed E-state index contributed by atoms with van der Waals surface area (Å²) < 4.78 is 1.52. The van der Waals surface area contributed by atoms with Gasteiger partial charge in [-0.25, -0.2) is 4.98 Å². The van der Waals surface area contributed by atoms with Gasteiger partial charge in [-0.2, -0.15) is 0 Å². The molecule has 0 N–H and O–H groups in total. The number of allylic oxidation sites excluding steroid dienone is 1. The smallest absolute Gasteiger partial charge is 0.269 e. The van der Waals surface area contributed by atoms with Crippen molar-refractivity contribution in [2.24, 2.45) is 0 Å². The Balaban J connectivity index is 1.66. The van der Waals surface area contributed by atoms with Gasteiger partial charge in [0.1, 0.15) is 4.83 Å². The van der Waals surface area contributed by atoms with Crippen LogP contribution in [0.2, 0.25) is 0 Å². The number of aromatic nitrogens is 2. The number of nitrogens with zero attached hydrogens (tertiary/aromatic N) is 3. The first-order chi connectivity index (χ1) is 15.5. The zero-order valence-corrected chi connectivity index (χ0v) is 18.4. The zero-order valence-electron chi connectivity index (χ0n) is 16.8. The average molecular weight is 464 g/mol. The minimum atomic E-state index is -0.513. The molecule has 7 nitrogen and oxygen atoms in total. The molecule has 0 aliphatic carbocycles. The minimum absolute atomic E-state index is 0.0455. The van der Waals surface area contributed by atoms with E-state index in [0.29, 0.717) is 20.9 Å². The lowest BCUT2D eigenvalue weighted by molar-refractivity contribution is -0.384. The molecule has 4 aromatic rings. The second kappa shape index (κ2) is 9.29. The predicted molar refractivity (Wildman–Crippen MR) is 128 cm³/mol. The summed E-state index contributed by atoms with van der Waals surface area (Å²) in [6.45, 7) is 4.00. The van der Waals surface area contributed by atoms with Crippen LogP contribution in [0.25, 0.3) is 21.3 Å². The van der Waals surface area contributed by atoms with Gasteiger partial charge in [0.25, 0.3) is 11.2 Å². The van der Waals surface area contributed by atoms with Crippen LogP contribution in [-0.4, -0.2) is 26.0 Å². The number of non-ortho nitro benzene ring substituents is 1. The van der Waals surface area contributed by atoms with E-state index >= 15 is 0 Å². The van der Waals surface area contributed by atoms with Gasteiger partial charge in [-0.3, -0.25) is 24.3 Å². The number of hydrogen-bond acceptors (Lipinski definition) is 7. The topological polar surface area (TPSA) is 95.1 Å². The molecule has 2 heterocycles. The second-order valence-corrected chi connectivity index (χ2v) is 8.61. The third kappa shape index (κ3) is 4.25. The Hall–Kier alpha value is -3.56. The summed E-state index contributed by atoms with van der Waals surface area (Å²) in [5.41, 5.74) is 1.88. The molecule has 0 amide bonds. The summed E-state index contributed by atoms with van der Waals surface area (Å²) in [5.74, 6) is -0.162. The number of carbonyl (C=O) groups excluding carboxylic acids is 1. The molecule has 0 spiro atoms. The largest absolute Gasteiger partial charge is 0.293 e. The van der Waals surface area contributed by atoms with Crippen LogP contribution >= 0.6 is 23.1 Å². The van der Waals surface area contributed by atoms with E-state index in [1.54, 1.807) is 6.08 Å². The summed E-state index contributed by atoms with van der Waals surface area (Å²) in [7, 11) is 0. The molecule has 0 aliphatic rings. The molecule has 0 radical (unpaired) electrons. The van der Waals surface area contributed by atoms with Crippen LogP contribution in [0.3, 0.4) is 0 Å². The van der Waals surface area contributed by atoms with E-state index in [4.69, 9.17) is 0 Å². The number of nitro groups is 1. The monoisotopic (exact) mass is 463 g/mol. The Labute approximate surface area is 191 Å². The lowest BCUT2D eigenvalue weighted by Gasteiger charge is -2.10. The van der Waals surface area contributed by atoms with E-state index in [1.165, 1.54) is 40.2 Å². The standard InChI is InChI=1S/C23H17N3O4S2/c1-2-12-25-22(28)20-18(15-6-4-3-5-7-15)13-31-21(20)24-23(25)32-14-19(27)16-8-10-17(11-9-16)26(29)30/h2-11,13H,1,12,14H2. The summed E-state index contributed by atoms with van der Waals surface area (Å²) in [5, 5.41) is 13.7. The van der Waals surface area contributed by atoms with E-state index in [-0.39, 0.29) is 29.3 Å². The van der Waals surface area contributed by atoms with Gasteiger partial charge in [-0.1, -0.05) is 48.2 Å². The normalized spacial score (nSPS) is 10.9. The van der Waals surface area contributed by atoms with Crippen LogP contribution < -0.4 is 5.56 Å². The zero-order chi connectivity index (χ0) is 22.7. The lowest BCUT2D eigenvalue weighted by atomic mass is 10.1. The second-order valence-electron chi connectivity index (χ2n) is 6.81. The molecular weight excluding hydrogens is 446 g/mol. The maximum absolute atomic E-state index is 13.3. The first-order valence-corrected chi connectivity index (χ1v) is 11.4. The van der Waals surface area contributed by atoms with Crippen molar-refractivity contribution < 1.29 is 9.72 Å². The van der Waals surface area contributed by atoms with E-state index in [2.05, 4.69) is 11.6 Å². The van der Waals surface area contributed by atoms with Crippen molar-refractivity contribution >= 4 is 44.8 Å². The van der Waals surface area contributed by atoms with E-state index < -0.39 is 4.92 Å². The van der Waals surface area contributed by atoms with E-state index in [1.807, 2.05) is 35.7 Å². The molecule has 9 heteroatoms. The van der Waals surface area contributed by atoms with Gasteiger partial charge in [0.05, 0.1) is 16.1 Å². The maximum atomic E-state index is 13.3. The molecule has 0 unspecified atom stereocenters. The number of ketones is 1. The van der Waals surface area contributed by atoms with Crippen LogP contribution in [0.5, 0.6) is 0 Å². The number of thiophene rings is 1. The van der Waals surface area contributed by atoms with Crippen molar-refractivity contribution in [2.45, 2.75) is 11.7 Å². The van der Waals surface area contributed by atoms with Gasteiger partial charge in [0.2, 0.25) is 0 Å².